The Morgan fingerprint density at radius 3 is 2.46 bits per heavy atom. The third kappa shape index (κ3) is 6.92. The number of hydrogen-bond acceptors (Lipinski definition) is 5. The summed E-state index contributed by atoms with van der Waals surface area (Å²) >= 11 is 0. The molecular formula is C24H21F4N3O4. The largest absolute Gasteiger partial charge is 0.490 e. The Kier molecular flexibility index (Phi) is 7.90. The Bertz CT molecular complexity index is 1270. The van der Waals surface area contributed by atoms with Gasteiger partial charge in [0.1, 0.15) is 29.7 Å². The first-order valence-electron chi connectivity index (χ1n) is 10.3. The van der Waals surface area contributed by atoms with E-state index in [4.69, 9.17) is 19.4 Å². The Morgan fingerprint density at radius 1 is 1.11 bits per heavy atom. The van der Waals surface area contributed by atoms with Gasteiger partial charge >= 0.3 is 12.1 Å². The molecule has 184 valence electrons. The van der Waals surface area contributed by atoms with Crippen LogP contribution in [0.4, 0.5) is 17.6 Å². The summed E-state index contributed by atoms with van der Waals surface area (Å²) in [5.74, 6) is -1.12. The van der Waals surface area contributed by atoms with Crippen LogP contribution in [-0.4, -0.2) is 38.3 Å². The van der Waals surface area contributed by atoms with E-state index in [9.17, 15) is 17.6 Å². The highest BCUT2D eigenvalue weighted by Gasteiger charge is 2.38. The highest BCUT2D eigenvalue weighted by Crippen LogP contribution is 2.34. The number of aromatic nitrogens is 3. The number of H-pyrrole nitrogens is 1. The molecule has 0 saturated heterocycles. The molecule has 2 N–H and O–H groups in total. The van der Waals surface area contributed by atoms with Crippen molar-refractivity contribution in [1.29, 1.82) is 0 Å². The van der Waals surface area contributed by atoms with Crippen molar-refractivity contribution in [2.75, 3.05) is 0 Å². The second-order valence-electron chi connectivity index (χ2n) is 7.47. The SMILES string of the molecule is CC(C)Oc1ccc(OCc2ccccc2F)cc1-c1nc2ncccc2[nH]1.O=C(O)C(F)(F)F. The lowest BCUT2D eigenvalue weighted by molar-refractivity contribution is -0.192. The standard InChI is InChI=1S/C22H20FN3O2.C2HF3O2/c1-14(2)28-20-10-9-16(27-13-15-6-3-4-7-18(15)23)12-17(20)21-25-19-8-5-11-24-22(19)26-21;3-2(4,5)1(6)7/h3-12,14H,13H2,1-2H3,(H,24,25,26);(H,6,7). The van der Waals surface area contributed by atoms with E-state index in [1.54, 1.807) is 24.4 Å². The molecule has 0 radical (unpaired) electrons. The van der Waals surface area contributed by atoms with Gasteiger partial charge in [-0.3, -0.25) is 0 Å². The Balaban J connectivity index is 0.000000429. The lowest BCUT2D eigenvalue weighted by Gasteiger charge is -2.15. The van der Waals surface area contributed by atoms with Gasteiger partial charge in [-0.2, -0.15) is 13.2 Å². The smallest absolute Gasteiger partial charge is 0.490 e. The first-order chi connectivity index (χ1) is 16.5. The average Bonchev–Trinajstić information content (AvgIpc) is 3.23. The second kappa shape index (κ2) is 10.9. The molecule has 0 aliphatic heterocycles. The summed E-state index contributed by atoms with van der Waals surface area (Å²) in [6.07, 6.45) is -3.38. The normalized spacial score (nSPS) is 11.2. The van der Waals surface area contributed by atoms with Gasteiger partial charge in [-0.25, -0.2) is 19.2 Å². The van der Waals surface area contributed by atoms with E-state index in [1.807, 2.05) is 44.2 Å². The second-order valence-corrected chi connectivity index (χ2v) is 7.47. The van der Waals surface area contributed by atoms with Gasteiger partial charge in [-0.15, -0.1) is 0 Å². The molecule has 0 bridgehead atoms. The molecule has 2 heterocycles. The minimum absolute atomic E-state index is 0.00596. The molecule has 2 aromatic carbocycles. The quantitative estimate of drug-likeness (QED) is 0.333. The van der Waals surface area contributed by atoms with Gasteiger partial charge in [-0.1, -0.05) is 18.2 Å². The maximum atomic E-state index is 13.8. The highest BCUT2D eigenvalue weighted by atomic mass is 19.4. The molecule has 0 saturated carbocycles. The number of aliphatic carboxylic acids is 1. The van der Waals surface area contributed by atoms with Crippen molar-refractivity contribution in [1.82, 2.24) is 15.0 Å². The number of aromatic amines is 1. The summed E-state index contributed by atoms with van der Waals surface area (Å²) in [5.41, 5.74) is 2.73. The number of fused-ring (bicyclic) bond motifs is 1. The maximum Gasteiger partial charge on any atom is 0.490 e. The fourth-order valence-electron chi connectivity index (χ4n) is 2.89. The predicted octanol–water partition coefficient (Wildman–Crippen LogP) is 5.76. The van der Waals surface area contributed by atoms with Crippen molar-refractivity contribution in [2.24, 2.45) is 0 Å². The van der Waals surface area contributed by atoms with Crippen LogP contribution >= 0.6 is 0 Å². The van der Waals surface area contributed by atoms with Crippen molar-refractivity contribution < 1.29 is 36.9 Å². The summed E-state index contributed by atoms with van der Waals surface area (Å²) in [6, 6.07) is 15.8. The average molecular weight is 491 g/mol. The number of benzene rings is 2. The predicted molar refractivity (Wildman–Crippen MR) is 120 cm³/mol. The van der Waals surface area contributed by atoms with Gasteiger partial charge in [0.25, 0.3) is 0 Å². The summed E-state index contributed by atoms with van der Waals surface area (Å²) in [4.78, 5) is 21.0. The summed E-state index contributed by atoms with van der Waals surface area (Å²) in [7, 11) is 0. The van der Waals surface area contributed by atoms with Crippen LogP contribution in [0, 0.1) is 5.82 Å². The monoisotopic (exact) mass is 491 g/mol. The van der Waals surface area contributed by atoms with E-state index >= 15 is 0 Å². The van der Waals surface area contributed by atoms with E-state index in [0.29, 0.717) is 28.5 Å². The van der Waals surface area contributed by atoms with Crippen LogP contribution in [0.5, 0.6) is 11.5 Å². The molecule has 0 fully saturated rings. The summed E-state index contributed by atoms with van der Waals surface area (Å²) in [5, 5.41) is 7.12. The zero-order chi connectivity index (χ0) is 25.6. The van der Waals surface area contributed by atoms with E-state index < -0.39 is 12.1 Å². The number of carboxylic acids is 1. The fourth-order valence-corrected chi connectivity index (χ4v) is 2.89. The first-order valence-corrected chi connectivity index (χ1v) is 10.3. The van der Waals surface area contributed by atoms with Crippen LogP contribution in [-0.2, 0) is 11.4 Å². The number of hydrogen-bond donors (Lipinski definition) is 2. The number of ether oxygens (including phenoxy) is 2. The number of halogens is 4. The van der Waals surface area contributed by atoms with E-state index in [1.165, 1.54) is 6.07 Å². The van der Waals surface area contributed by atoms with Crippen molar-refractivity contribution in [3.63, 3.8) is 0 Å². The van der Waals surface area contributed by atoms with Crippen molar-refractivity contribution in [3.8, 4) is 22.9 Å². The molecule has 2 aromatic heterocycles. The molecule has 0 unspecified atom stereocenters. The van der Waals surface area contributed by atoms with Crippen LogP contribution in [0.1, 0.15) is 19.4 Å². The number of alkyl halides is 3. The van der Waals surface area contributed by atoms with Crippen LogP contribution in [0.15, 0.2) is 60.8 Å². The van der Waals surface area contributed by atoms with Gasteiger partial charge in [-0.05, 0) is 50.2 Å². The number of carboxylic acid groups (broad SMARTS) is 1. The molecule has 4 aromatic rings. The summed E-state index contributed by atoms with van der Waals surface area (Å²) < 4.78 is 57.3. The number of nitrogens with one attached hydrogen (secondary N) is 1. The van der Waals surface area contributed by atoms with E-state index in [2.05, 4.69) is 15.0 Å². The summed E-state index contributed by atoms with van der Waals surface area (Å²) in [6.45, 7) is 4.07. The van der Waals surface area contributed by atoms with E-state index in [-0.39, 0.29) is 18.5 Å². The Labute approximate surface area is 197 Å². The molecule has 35 heavy (non-hydrogen) atoms. The van der Waals surface area contributed by atoms with Crippen molar-refractivity contribution in [3.05, 3.63) is 72.2 Å². The molecule has 4 rings (SSSR count). The topological polar surface area (TPSA) is 97.3 Å². The Hall–Kier alpha value is -4.15. The third-order valence-electron chi connectivity index (χ3n) is 4.42. The molecule has 11 heteroatoms. The van der Waals surface area contributed by atoms with Crippen LogP contribution in [0.25, 0.3) is 22.6 Å². The third-order valence-corrected chi connectivity index (χ3v) is 4.42. The Morgan fingerprint density at radius 2 is 1.83 bits per heavy atom. The van der Waals surface area contributed by atoms with E-state index in [0.717, 1.165) is 11.1 Å². The molecule has 0 atom stereocenters. The lowest BCUT2D eigenvalue weighted by atomic mass is 10.1. The zero-order valence-corrected chi connectivity index (χ0v) is 18.6. The van der Waals surface area contributed by atoms with Gasteiger partial charge < -0.3 is 19.6 Å². The highest BCUT2D eigenvalue weighted by molar-refractivity contribution is 5.78. The number of pyridine rings is 1. The molecular weight excluding hydrogens is 470 g/mol. The minimum atomic E-state index is -5.08. The molecule has 0 aliphatic carbocycles. The van der Waals surface area contributed by atoms with Crippen molar-refractivity contribution >= 4 is 17.1 Å². The van der Waals surface area contributed by atoms with Gasteiger partial charge in [0.05, 0.1) is 17.2 Å². The number of carbonyl (C=O) groups is 1. The zero-order valence-electron chi connectivity index (χ0n) is 18.6. The first kappa shape index (κ1) is 25.5. The molecule has 7 nitrogen and oxygen atoms in total. The fraction of sp³-hybridized carbons (Fsp3) is 0.208. The molecule has 0 aliphatic rings. The van der Waals surface area contributed by atoms with Crippen LogP contribution in [0.2, 0.25) is 0 Å². The molecule has 0 amide bonds. The number of imidazole rings is 1. The van der Waals surface area contributed by atoms with Crippen LogP contribution in [0.3, 0.4) is 0 Å². The minimum Gasteiger partial charge on any atom is -0.490 e. The molecule has 0 spiro atoms. The maximum absolute atomic E-state index is 13.8. The van der Waals surface area contributed by atoms with Crippen LogP contribution < -0.4 is 9.47 Å². The van der Waals surface area contributed by atoms with Gasteiger partial charge in [0, 0.05) is 11.8 Å². The van der Waals surface area contributed by atoms with Gasteiger partial charge in [0.2, 0.25) is 0 Å². The van der Waals surface area contributed by atoms with Crippen molar-refractivity contribution in [2.45, 2.75) is 32.7 Å². The lowest BCUT2D eigenvalue weighted by Crippen LogP contribution is -2.21. The number of nitrogens with zero attached hydrogens (tertiary/aromatic N) is 2. The van der Waals surface area contributed by atoms with Gasteiger partial charge in [0.15, 0.2) is 5.65 Å². The number of rotatable bonds is 6.